The Balaban J connectivity index is 1.25. The summed E-state index contributed by atoms with van der Waals surface area (Å²) in [5.41, 5.74) is 13.3. The van der Waals surface area contributed by atoms with Gasteiger partial charge in [0.05, 0.1) is 22.1 Å². The van der Waals surface area contributed by atoms with Gasteiger partial charge < -0.3 is 8.98 Å². The van der Waals surface area contributed by atoms with E-state index in [1.54, 1.807) is 0 Å². The van der Waals surface area contributed by atoms with Gasteiger partial charge in [-0.3, -0.25) is 4.57 Å². The number of aryl methyl sites for hydroxylation is 2. The molecule has 6 nitrogen and oxygen atoms in total. The predicted octanol–water partition coefficient (Wildman–Crippen LogP) is 13.6. The number of rotatable bonds is 5. The van der Waals surface area contributed by atoms with E-state index in [-0.39, 0.29) is 0 Å². The second-order valence-corrected chi connectivity index (χ2v) is 15.4. The van der Waals surface area contributed by atoms with Crippen LogP contribution in [0.15, 0.2) is 180 Å². The molecule has 278 valence electrons. The molecule has 0 bridgehead atoms. The average molecular weight is 758 g/mol. The third kappa shape index (κ3) is 5.16. The van der Waals surface area contributed by atoms with Crippen LogP contribution in [0.4, 0.5) is 0 Å². The predicted molar refractivity (Wildman–Crippen MR) is 242 cm³/mol. The van der Waals surface area contributed by atoms with Gasteiger partial charge in [0.1, 0.15) is 11.2 Å². The van der Waals surface area contributed by atoms with Crippen molar-refractivity contribution < 1.29 is 4.42 Å². The van der Waals surface area contributed by atoms with E-state index in [4.69, 9.17) is 19.4 Å². The molecule has 0 radical (unpaired) electrons. The highest BCUT2D eigenvalue weighted by molar-refractivity contribution is 6.24. The number of benzene rings is 8. The maximum absolute atomic E-state index is 6.65. The first-order valence-corrected chi connectivity index (χ1v) is 19.9. The molecule has 0 aliphatic heterocycles. The van der Waals surface area contributed by atoms with Gasteiger partial charge in [-0.2, -0.15) is 9.97 Å². The van der Waals surface area contributed by atoms with Gasteiger partial charge in [0.25, 0.3) is 0 Å². The summed E-state index contributed by atoms with van der Waals surface area (Å²) < 4.78 is 11.3. The summed E-state index contributed by atoms with van der Waals surface area (Å²) in [6, 6.07) is 62.0. The van der Waals surface area contributed by atoms with Crippen molar-refractivity contribution in [2.24, 2.45) is 0 Å². The van der Waals surface area contributed by atoms with Crippen LogP contribution in [0.3, 0.4) is 0 Å². The summed E-state index contributed by atoms with van der Waals surface area (Å²) in [4.78, 5) is 15.8. The fourth-order valence-electron chi connectivity index (χ4n) is 9.04. The molecule has 4 heterocycles. The Labute approximate surface area is 339 Å². The topological polar surface area (TPSA) is 61.7 Å². The highest BCUT2D eigenvalue weighted by Crippen LogP contribution is 2.44. The largest absolute Gasteiger partial charge is 0.455 e. The molecule has 0 aliphatic rings. The first-order chi connectivity index (χ1) is 29.1. The maximum Gasteiger partial charge on any atom is 0.238 e. The minimum absolute atomic E-state index is 0.560. The van der Waals surface area contributed by atoms with Crippen molar-refractivity contribution in [1.82, 2.24) is 24.1 Å². The van der Waals surface area contributed by atoms with E-state index in [1.165, 1.54) is 0 Å². The molecule has 6 heteroatoms. The number of nitrogens with zero attached hydrogens (tertiary/aromatic N) is 5. The number of hydrogen-bond acceptors (Lipinski definition) is 4. The third-order valence-electron chi connectivity index (χ3n) is 11.7. The zero-order valence-corrected chi connectivity index (χ0v) is 32.4. The van der Waals surface area contributed by atoms with E-state index in [0.717, 1.165) is 105 Å². The second-order valence-electron chi connectivity index (χ2n) is 15.4. The SMILES string of the molecule is Cc1cccc(-c2nc(-c3cccc(C)c3)nc(-n3c4ccccc4c4ccc5c6ccccc6n(-c6cc(-c7ccccc7)c7oc8ccccc8c7c6)c5c43)n2)c1. The number of hydrogen-bond donors (Lipinski definition) is 0. The Morgan fingerprint density at radius 2 is 0.949 bits per heavy atom. The molecule has 12 aromatic rings. The van der Waals surface area contributed by atoms with Crippen molar-refractivity contribution in [3.63, 3.8) is 0 Å². The average Bonchev–Trinajstić information content (AvgIpc) is 3.94. The van der Waals surface area contributed by atoms with E-state index < -0.39 is 0 Å². The Morgan fingerprint density at radius 3 is 1.59 bits per heavy atom. The monoisotopic (exact) mass is 757 g/mol. The number of furan rings is 1. The third-order valence-corrected chi connectivity index (χ3v) is 11.7. The molecule has 0 saturated heterocycles. The van der Waals surface area contributed by atoms with E-state index >= 15 is 0 Å². The van der Waals surface area contributed by atoms with Crippen LogP contribution in [0, 0.1) is 13.8 Å². The Bertz CT molecular complexity index is 3580. The highest BCUT2D eigenvalue weighted by Gasteiger charge is 2.25. The van der Waals surface area contributed by atoms with Crippen LogP contribution in [0.5, 0.6) is 0 Å². The van der Waals surface area contributed by atoms with Crippen LogP contribution in [-0.2, 0) is 0 Å². The zero-order chi connectivity index (χ0) is 39.2. The highest BCUT2D eigenvalue weighted by atomic mass is 16.3. The number of aromatic nitrogens is 5. The minimum atomic E-state index is 0.560. The van der Waals surface area contributed by atoms with Gasteiger partial charge >= 0.3 is 0 Å². The van der Waals surface area contributed by atoms with E-state index in [9.17, 15) is 0 Å². The normalized spacial score (nSPS) is 11.9. The molecule has 0 fully saturated rings. The summed E-state index contributed by atoms with van der Waals surface area (Å²) in [5, 5.41) is 6.69. The molecule has 59 heavy (non-hydrogen) atoms. The van der Waals surface area contributed by atoms with Crippen LogP contribution >= 0.6 is 0 Å². The lowest BCUT2D eigenvalue weighted by atomic mass is 10.0. The summed E-state index contributed by atoms with van der Waals surface area (Å²) >= 11 is 0. The van der Waals surface area contributed by atoms with Gasteiger partial charge in [-0.1, -0.05) is 145 Å². The molecule has 8 aromatic carbocycles. The van der Waals surface area contributed by atoms with Crippen LogP contribution in [0.1, 0.15) is 11.1 Å². The van der Waals surface area contributed by atoms with Crippen molar-refractivity contribution in [3.05, 3.63) is 187 Å². The Kier molecular flexibility index (Phi) is 7.26. The van der Waals surface area contributed by atoms with E-state index in [0.29, 0.717) is 17.6 Å². The molecule has 12 rings (SSSR count). The maximum atomic E-state index is 6.65. The van der Waals surface area contributed by atoms with E-state index in [1.807, 2.05) is 6.07 Å². The number of para-hydroxylation sites is 3. The van der Waals surface area contributed by atoms with Crippen LogP contribution in [0.2, 0.25) is 0 Å². The van der Waals surface area contributed by atoms with Crippen molar-refractivity contribution in [3.8, 4) is 45.5 Å². The fraction of sp³-hybridized carbons (Fsp3) is 0.0377. The molecule has 0 aliphatic carbocycles. The van der Waals surface area contributed by atoms with E-state index in [2.05, 4.69) is 193 Å². The van der Waals surface area contributed by atoms with Gasteiger partial charge in [-0.25, -0.2) is 4.98 Å². The molecule has 0 atom stereocenters. The summed E-state index contributed by atoms with van der Waals surface area (Å²) in [7, 11) is 0. The summed E-state index contributed by atoms with van der Waals surface area (Å²) in [6.45, 7) is 4.20. The smallest absolute Gasteiger partial charge is 0.238 e. The van der Waals surface area contributed by atoms with Gasteiger partial charge in [-0.15, -0.1) is 0 Å². The van der Waals surface area contributed by atoms with Crippen molar-refractivity contribution in [2.45, 2.75) is 13.8 Å². The molecule has 0 saturated carbocycles. The standard InChI is InChI=1S/C53H35N5O/c1-32-14-12-18-35(28-32)51-54-52(36-19-13-15-33(2)29-36)56-53(55-51)58-46-24-10-7-21-39(46)42-27-26-41-38-20-6-9-23-45(38)57(48(41)49(42)58)37-30-43(34-16-4-3-5-17-34)50-44(31-37)40-22-8-11-25-47(40)59-50/h3-31H,1-2H3. The molecule has 0 spiro atoms. The van der Waals surface area contributed by atoms with Gasteiger partial charge in [0, 0.05) is 54.7 Å². The molecular formula is C53H35N5O. The molecule has 4 aromatic heterocycles. The van der Waals surface area contributed by atoms with Crippen LogP contribution in [0.25, 0.3) is 111 Å². The zero-order valence-electron chi connectivity index (χ0n) is 32.4. The summed E-state index contributed by atoms with van der Waals surface area (Å²) in [6.07, 6.45) is 0. The Morgan fingerprint density at radius 1 is 0.407 bits per heavy atom. The lowest BCUT2D eigenvalue weighted by Gasteiger charge is -2.14. The van der Waals surface area contributed by atoms with Crippen molar-refractivity contribution >= 4 is 65.6 Å². The van der Waals surface area contributed by atoms with Gasteiger partial charge in [0.2, 0.25) is 5.95 Å². The number of fused-ring (bicyclic) bond motifs is 10. The molecule has 0 amide bonds. The molecular weight excluding hydrogens is 723 g/mol. The van der Waals surface area contributed by atoms with Gasteiger partial charge in [-0.05, 0) is 61.9 Å². The van der Waals surface area contributed by atoms with Crippen LogP contribution < -0.4 is 0 Å². The second kappa shape index (κ2) is 12.8. The van der Waals surface area contributed by atoms with Crippen molar-refractivity contribution in [1.29, 1.82) is 0 Å². The van der Waals surface area contributed by atoms with Crippen molar-refractivity contribution in [2.75, 3.05) is 0 Å². The van der Waals surface area contributed by atoms with Crippen LogP contribution in [-0.4, -0.2) is 24.1 Å². The lowest BCUT2D eigenvalue weighted by molar-refractivity contribution is 0.670. The molecule has 0 N–H and O–H groups in total. The fourth-order valence-corrected chi connectivity index (χ4v) is 9.04. The first kappa shape index (κ1) is 33.3. The first-order valence-electron chi connectivity index (χ1n) is 19.9. The Hall–Kier alpha value is -7.83. The minimum Gasteiger partial charge on any atom is -0.455 e. The molecule has 0 unspecified atom stereocenters. The quantitative estimate of drug-likeness (QED) is 0.175. The lowest BCUT2D eigenvalue weighted by Crippen LogP contribution is -2.07. The van der Waals surface area contributed by atoms with Gasteiger partial charge in [0.15, 0.2) is 11.6 Å². The summed E-state index contributed by atoms with van der Waals surface area (Å²) in [5.74, 6) is 1.81.